The Morgan fingerprint density at radius 3 is 1.94 bits per heavy atom. The van der Waals surface area contributed by atoms with Gasteiger partial charge in [0.2, 0.25) is 0 Å². The van der Waals surface area contributed by atoms with Crippen molar-refractivity contribution in [3.63, 3.8) is 0 Å². The minimum Gasteiger partial charge on any atom is -0.396 e. The van der Waals surface area contributed by atoms with Crippen molar-refractivity contribution in [1.82, 2.24) is 9.80 Å². The van der Waals surface area contributed by atoms with E-state index in [4.69, 9.17) is 0 Å². The van der Waals surface area contributed by atoms with Crippen molar-refractivity contribution in [3.05, 3.63) is 0 Å². The molecule has 0 radical (unpaired) electrons. The first-order valence-corrected chi connectivity index (χ1v) is 6.43. The highest BCUT2D eigenvalue weighted by Crippen LogP contribution is 2.26. The van der Waals surface area contributed by atoms with Gasteiger partial charge in [-0.15, -0.1) is 0 Å². The third-order valence-corrected chi connectivity index (χ3v) is 3.59. The summed E-state index contributed by atoms with van der Waals surface area (Å²) >= 11 is 0. The first-order valence-electron chi connectivity index (χ1n) is 6.43. The topological polar surface area (TPSA) is 26.7 Å². The molecule has 0 fully saturated rings. The van der Waals surface area contributed by atoms with Gasteiger partial charge in [0.15, 0.2) is 0 Å². The predicted octanol–water partition coefficient (Wildman–Crippen LogP) is 1.67. The van der Waals surface area contributed by atoms with Crippen molar-refractivity contribution in [1.29, 1.82) is 0 Å². The molecule has 3 heteroatoms. The summed E-state index contributed by atoms with van der Waals surface area (Å²) in [5.74, 6) is 0. The van der Waals surface area contributed by atoms with E-state index in [1.807, 2.05) is 0 Å². The predicted molar refractivity (Wildman–Crippen MR) is 70.8 cm³/mol. The minimum absolute atomic E-state index is 0.104. The summed E-state index contributed by atoms with van der Waals surface area (Å²) in [6.45, 7) is 7.90. The van der Waals surface area contributed by atoms with Crippen LogP contribution in [0.15, 0.2) is 0 Å². The lowest BCUT2D eigenvalue weighted by Gasteiger charge is -2.34. The summed E-state index contributed by atoms with van der Waals surface area (Å²) in [6.07, 6.45) is 3.30. The zero-order chi connectivity index (χ0) is 12.6. The fourth-order valence-electron chi connectivity index (χ4n) is 2.06. The van der Waals surface area contributed by atoms with E-state index in [1.165, 1.54) is 6.42 Å². The second-order valence-electron chi connectivity index (χ2n) is 5.26. The van der Waals surface area contributed by atoms with Gasteiger partial charge < -0.3 is 14.9 Å². The zero-order valence-electron chi connectivity index (χ0n) is 11.8. The molecule has 0 aromatic heterocycles. The molecule has 0 unspecified atom stereocenters. The molecule has 0 aromatic rings. The van der Waals surface area contributed by atoms with Crippen molar-refractivity contribution in [2.75, 3.05) is 47.4 Å². The number of aliphatic hydroxyl groups excluding tert-OH is 1. The van der Waals surface area contributed by atoms with Gasteiger partial charge in [-0.3, -0.25) is 0 Å². The second kappa shape index (κ2) is 8.04. The number of aliphatic hydroxyl groups is 1. The molecular formula is C13H30N2O. The lowest BCUT2D eigenvalue weighted by molar-refractivity contribution is 0.0745. The quantitative estimate of drug-likeness (QED) is 0.653. The number of hydrogen-bond acceptors (Lipinski definition) is 3. The van der Waals surface area contributed by atoms with E-state index >= 15 is 0 Å². The zero-order valence-corrected chi connectivity index (χ0v) is 11.8. The first kappa shape index (κ1) is 15.9. The molecule has 0 aromatic carbocycles. The normalized spacial score (nSPS) is 12.8. The lowest BCUT2D eigenvalue weighted by atomic mass is 9.83. The van der Waals surface area contributed by atoms with Crippen molar-refractivity contribution < 1.29 is 5.11 Å². The fraction of sp³-hybridized carbons (Fsp3) is 1.00. The number of rotatable bonds is 9. The summed E-state index contributed by atoms with van der Waals surface area (Å²) < 4.78 is 0. The highest BCUT2D eigenvalue weighted by molar-refractivity contribution is 4.78. The Hall–Kier alpha value is -0.120. The molecule has 0 heterocycles. The maximum atomic E-state index is 9.50. The van der Waals surface area contributed by atoms with E-state index in [2.05, 4.69) is 44.8 Å². The second-order valence-corrected chi connectivity index (χ2v) is 5.26. The SMILES string of the molecule is CCC(CC)(CO)CN(C)CCCN(C)C. The van der Waals surface area contributed by atoms with Gasteiger partial charge in [0.1, 0.15) is 0 Å². The molecule has 16 heavy (non-hydrogen) atoms. The molecule has 0 aliphatic heterocycles. The molecule has 0 rings (SSSR count). The molecular weight excluding hydrogens is 200 g/mol. The van der Waals surface area contributed by atoms with E-state index in [0.717, 1.165) is 32.5 Å². The van der Waals surface area contributed by atoms with Crippen LogP contribution in [0.4, 0.5) is 0 Å². The van der Waals surface area contributed by atoms with E-state index in [9.17, 15) is 5.11 Å². The number of hydrogen-bond donors (Lipinski definition) is 1. The molecule has 0 saturated carbocycles. The van der Waals surface area contributed by atoms with Crippen LogP contribution in [0.5, 0.6) is 0 Å². The van der Waals surface area contributed by atoms with Crippen LogP contribution in [-0.2, 0) is 0 Å². The van der Waals surface area contributed by atoms with Crippen LogP contribution in [0.1, 0.15) is 33.1 Å². The van der Waals surface area contributed by atoms with E-state index in [1.54, 1.807) is 0 Å². The Labute approximate surface area is 101 Å². The highest BCUT2D eigenvalue weighted by Gasteiger charge is 2.26. The Balaban J connectivity index is 3.95. The van der Waals surface area contributed by atoms with Crippen LogP contribution in [0, 0.1) is 5.41 Å². The Bertz CT molecular complexity index is 159. The minimum atomic E-state index is 0.104. The molecule has 0 saturated heterocycles. The molecule has 98 valence electrons. The Kier molecular flexibility index (Phi) is 7.98. The van der Waals surface area contributed by atoms with E-state index in [0.29, 0.717) is 6.61 Å². The van der Waals surface area contributed by atoms with Gasteiger partial charge in [-0.1, -0.05) is 13.8 Å². The molecule has 0 atom stereocenters. The van der Waals surface area contributed by atoms with Crippen LogP contribution in [0.2, 0.25) is 0 Å². The van der Waals surface area contributed by atoms with Gasteiger partial charge in [0.05, 0.1) is 0 Å². The smallest absolute Gasteiger partial charge is 0.0499 e. The third-order valence-electron chi connectivity index (χ3n) is 3.59. The van der Waals surface area contributed by atoms with Gasteiger partial charge in [-0.05, 0) is 53.5 Å². The molecule has 0 aliphatic carbocycles. The van der Waals surface area contributed by atoms with Gasteiger partial charge in [0.25, 0.3) is 0 Å². The van der Waals surface area contributed by atoms with Gasteiger partial charge >= 0.3 is 0 Å². The van der Waals surface area contributed by atoms with Gasteiger partial charge in [-0.2, -0.15) is 0 Å². The Morgan fingerprint density at radius 1 is 1.00 bits per heavy atom. The van der Waals surface area contributed by atoms with Crippen LogP contribution in [0.25, 0.3) is 0 Å². The maximum absolute atomic E-state index is 9.50. The van der Waals surface area contributed by atoms with Crippen molar-refractivity contribution in [2.24, 2.45) is 5.41 Å². The van der Waals surface area contributed by atoms with E-state index in [-0.39, 0.29) is 5.41 Å². The summed E-state index contributed by atoms with van der Waals surface area (Å²) in [5.41, 5.74) is 0.104. The molecule has 0 amide bonds. The van der Waals surface area contributed by atoms with Crippen molar-refractivity contribution in [3.8, 4) is 0 Å². The molecule has 0 aliphatic rings. The average Bonchev–Trinajstić information content (AvgIpc) is 2.25. The van der Waals surface area contributed by atoms with E-state index < -0.39 is 0 Å². The summed E-state index contributed by atoms with van der Waals surface area (Å²) in [6, 6.07) is 0. The summed E-state index contributed by atoms with van der Waals surface area (Å²) in [4.78, 5) is 4.57. The summed E-state index contributed by atoms with van der Waals surface area (Å²) in [7, 11) is 6.37. The third kappa shape index (κ3) is 5.83. The van der Waals surface area contributed by atoms with Crippen molar-refractivity contribution in [2.45, 2.75) is 33.1 Å². The molecule has 0 spiro atoms. The lowest BCUT2D eigenvalue weighted by Crippen LogP contribution is -2.38. The van der Waals surface area contributed by atoms with Crippen LogP contribution < -0.4 is 0 Å². The summed E-state index contributed by atoms with van der Waals surface area (Å²) in [5, 5.41) is 9.50. The van der Waals surface area contributed by atoms with Gasteiger partial charge in [0, 0.05) is 18.6 Å². The molecule has 3 nitrogen and oxygen atoms in total. The van der Waals surface area contributed by atoms with Crippen molar-refractivity contribution >= 4 is 0 Å². The Morgan fingerprint density at radius 2 is 1.56 bits per heavy atom. The maximum Gasteiger partial charge on any atom is 0.0499 e. The van der Waals surface area contributed by atoms with Crippen LogP contribution in [0.3, 0.4) is 0 Å². The average molecular weight is 230 g/mol. The standard InChI is InChI=1S/C13H30N2O/c1-6-13(7-2,12-16)11-15(5)10-8-9-14(3)4/h16H,6-12H2,1-5H3. The van der Waals surface area contributed by atoms with Crippen LogP contribution >= 0.6 is 0 Å². The molecule has 0 bridgehead atoms. The fourth-order valence-corrected chi connectivity index (χ4v) is 2.06. The van der Waals surface area contributed by atoms with Gasteiger partial charge in [-0.25, -0.2) is 0 Å². The monoisotopic (exact) mass is 230 g/mol. The largest absolute Gasteiger partial charge is 0.396 e. The highest BCUT2D eigenvalue weighted by atomic mass is 16.3. The number of nitrogens with zero attached hydrogens (tertiary/aromatic N) is 2. The van der Waals surface area contributed by atoms with Crippen LogP contribution in [-0.4, -0.2) is 62.3 Å². The first-order chi connectivity index (χ1) is 7.49. The molecule has 1 N–H and O–H groups in total.